The minimum atomic E-state index is -0.832. The molecule has 0 bridgehead atoms. The van der Waals surface area contributed by atoms with Gasteiger partial charge in [0.2, 0.25) is 5.95 Å². The second-order valence-electron chi connectivity index (χ2n) is 3.96. The van der Waals surface area contributed by atoms with Crippen molar-refractivity contribution in [2.75, 3.05) is 24.7 Å². The average molecular weight is 242 g/mol. The molecule has 16 heavy (non-hydrogen) atoms. The second kappa shape index (κ2) is 4.32. The molecule has 88 valence electrons. The molecule has 1 aromatic heterocycles. The van der Waals surface area contributed by atoms with Crippen LogP contribution in [-0.4, -0.2) is 45.7 Å². The fourth-order valence-corrected chi connectivity index (χ4v) is 2.17. The molecule has 0 amide bonds. The topological polar surface area (TPSA) is 71.2 Å². The van der Waals surface area contributed by atoms with Crippen LogP contribution < -0.4 is 4.90 Å². The minimum absolute atomic E-state index is 0.0261. The van der Waals surface area contributed by atoms with Crippen LogP contribution in [0.3, 0.4) is 0 Å². The van der Waals surface area contributed by atoms with Gasteiger partial charge in [0.15, 0.2) is 5.16 Å². The fraction of sp³-hybridized carbons (Fsp3) is 0.667. The van der Waals surface area contributed by atoms with Crippen molar-refractivity contribution in [1.82, 2.24) is 14.8 Å². The SMILES string of the molecule is CN(C)c1nnc(SCC(=O)O)n1C1CC1. The molecule has 0 aliphatic heterocycles. The van der Waals surface area contributed by atoms with Crippen molar-refractivity contribution in [2.45, 2.75) is 24.0 Å². The van der Waals surface area contributed by atoms with E-state index in [9.17, 15) is 4.79 Å². The number of thioether (sulfide) groups is 1. The maximum Gasteiger partial charge on any atom is 0.313 e. The summed E-state index contributed by atoms with van der Waals surface area (Å²) < 4.78 is 2.04. The molecule has 0 spiro atoms. The second-order valence-corrected chi connectivity index (χ2v) is 4.90. The number of hydrogen-bond acceptors (Lipinski definition) is 5. The van der Waals surface area contributed by atoms with Crippen LogP contribution in [0.2, 0.25) is 0 Å². The van der Waals surface area contributed by atoms with Crippen molar-refractivity contribution >= 4 is 23.7 Å². The number of aliphatic carboxylic acids is 1. The summed E-state index contributed by atoms with van der Waals surface area (Å²) in [6.07, 6.45) is 2.25. The summed E-state index contributed by atoms with van der Waals surface area (Å²) in [5.74, 6) is -0.00435. The number of carboxylic acids is 1. The number of hydrogen-bond donors (Lipinski definition) is 1. The molecule has 1 saturated carbocycles. The van der Waals surface area contributed by atoms with Crippen LogP contribution in [-0.2, 0) is 4.79 Å². The highest BCUT2D eigenvalue weighted by atomic mass is 32.2. The van der Waals surface area contributed by atoms with E-state index in [2.05, 4.69) is 10.2 Å². The van der Waals surface area contributed by atoms with Crippen LogP contribution in [0.25, 0.3) is 0 Å². The maximum absolute atomic E-state index is 10.5. The molecule has 1 N–H and O–H groups in total. The lowest BCUT2D eigenvalue weighted by atomic mass is 10.6. The van der Waals surface area contributed by atoms with E-state index in [0.29, 0.717) is 11.2 Å². The van der Waals surface area contributed by atoms with Crippen molar-refractivity contribution < 1.29 is 9.90 Å². The van der Waals surface area contributed by atoms with Gasteiger partial charge in [0.25, 0.3) is 0 Å². The molecule has 1 fully saturated rings. The van der Waals surface area contributed by atoms with E-state index in [1.165, 1.54) is 11.8 Å². The molecule has 1 aromatic rings. The Morgan fingerprint density at radius 1 is 1.56 bits per heavy atom. The van der Waals surface area contributed by atoms with Gasteiger partial charge in [-0.2, -0.15) is 0 Å². The summed E-state index contributed by atoms with van der Waals surface area (Å²) >= 11 is 1.22. The summed E-state index contributed by atoms with van der Waals surface area (Å²) in [5, 5.41) is 17.5. The predicted molar refractivity (Wildman–Crippen MR) is 61.0 cm³/mol. The highest BCUT2D eigenvalue weighted by Crippen LogP contribution is 2.40. The Bertz CT molecular complexity index is 400. The number of rotatable bonds is 5. The standard InChI is InChI=1S/C9H14N4O2S/c1-12(2)8-10-11-9(16-5-7(14)15)13(8)6-3-4-6/h6H,3-5H2,1-2H3,(H,14,15). The molecular weight excluding hydrogens is 228 g/mol. The van der Waals surface area contributed by atoms with Gasteiger partial charge in [0.1, 0.15) is 0 Å². The summed E-state index contributed by atoms with van der Waals surface area (Å²) in [6.45, 7) is 0. The summed E-state index contributed by atoms with van der Waals surface area (Å²) in [7, 11) is 3.82. The summed E-state index contributed by atoms with van der Waals surface area (Å²) in [6, 6.07) is 0.448. The quantitative estimate of drug-likeness (QED) is 0.772. The van der Waals surface area contributed by atoms with Crippen molar-refractivity contribution in [2.24, 2.45) is 0 Å². The first-order chi connectivity index (χ1) is 7.59. The molecule has 1 heterocycles. The van der Waals surface area contributed by atoms with E-state index >= 15 is 0 Å². The Labute approximate surface area is 97.6 Å². The van der Waals surface area contributed by atoms with Gasteiger partial charge >= 0.3 is 5.97 Å². The van der Waals surface area contributed by atoms with Crippen molar-refractivity contribution in [3.63, 3.8) is 0 Å². The summed E-state index contributed by atoms with van der Waals surface area (Å²) in [4.78, 5) is 12.4. The van der Waals surface area contributed by atoms with Crippen LogP contribution in [0, 0.1) is 0 Å². The minimum Gasteiger partial charge on any atom is -0.481 e. The third kappa shape index (κ3) is 2.29. The number of nitrogens with zero attached hydrogens (tertiary/aromatic N) is 4. The maximum atomic E-state index is 10.5. The van der Waals surface area contributed by atoms with Gasteiger partial charge in [0.05, 0.1) is 5.75 Å². The molecule has 0 radical (unpaired) electrons. The van der Waals surface area contributed by atoms with E-state index < -0.39 is 5.97 Å². The first kappa shape index (κ1) is 11.3. The van der Waals surface area contributed by atoms with Gasteiger partial charge < -0.3 is 10.0 Å². The predicted octanol–water partition coefficient (Wildman–Crippen LogP) is 0.856. The van der Waals surface area contributed by atoms with E-state index in [1.807, 2.05) is 23.6 Å². The zero-order chi connectivity index (χ0) is 11.7. The van der Waals surface area contributed by atoms with Crippen molar-refractivity contribution in [3.05, 3.63) is 0 Å². The lowest BCUT2D eigenvalue weighted by molar-refractivity contribution is -0.133. The van der Waals surface area contributed by atoms with Gasteiger partial charge in [-0.1, -0.05) is 11.8 Å². The molecule has 6 nitrogen and oxygen atoms in total. The van der Waals surface area contributed by atoms with Crippen LogP contribution >= 0.6 is 11.8 Å². The van der Waals surface area contributed by atoms with Gasteiger partial charge in [-0.3, -0.25) is 9.36 Å². The van der Waals surface area contributed by atoms with Crippen LogP contribution in [0.15, 0.2) is 5.16 Å². The molecule has 1 aliphatic rings. The number of aromatic nitrogens is 3. The van der Waals surface area contributed by atoms with Gasteiger partial charge in [0, 0.05) is 20.1 Å². The monoisotopic (exact) mass is 242 g/mol. The Morgan fingerprint density at radius 3 is 2.75 bits per heavy atom. The van der Waals surface area contributed by atoms with Gasteiger partial charge in [-0.05, 0) is 12.8 Å². The fourth-order valence-electron chi connectivity index (χ4n) is 1.45. The third-order valence-electron chi connectivity index (χ3n) is 2.28. The highest BCUT2D eigenvalue weighted by molar-refractivity contribution is 7.99. The van der Waals surface area contributed by atoms with Crippen molar-refractivity contribution in [3.8, 4) is 0 Å². The number of carboxylic acid groups (broad SMARTS) is 1. The zero-order valence-electron chi connectivity index (χ0n) is 9.25. The Morgan fingerprint density at radius 2 is 2.25 bits per heavy atom. The molecular formula is C9H14N4O2S. The Hall–Kier alpha value is -1.24. The van der Waals surface area contributed by atoms with Gasteiger partial charge in [-0.25, -0.2) is 0 Å². The lowest BCUT2D eigenvalue weighted by Gasteiger charge is -2.13. The Kier molecular flexibility index (Phi) is 3.04. The normalized spacial score (nSPS) is 15.1. The van der Waals surface area contributed by atoms with E-state index in [1.54, 1.807) is 0 Å². The third-order valence-corrected chi connectivity index (χ3v) is 3.21. The molecule has 2 rings (SSSR count). The largest absolute Gasteiger partial charge is 0.481 e. The molecule has 0 atom stereocenters. The van der Waals surface area contributed by atoms with E-state index in [4.69, 9.17) is 5.11 Å². The smallest absolute Gasteiger partial charge is 0.313 e. The molecule has 7 heteroatoms. The molecule has 0 saturated heterocycles. The number of anilines is 1. The average Bonchev–Trinajstić information content (AvgIpc) is 2.95. The van der Waals surface area contributed by atoms with E-state index in [0.717, 1.165) is 18.8 Å². The first-order valence-electron chi connectivity index (χ1n) is 5.06. The van der Waals surface area contributed by atoms with E-state index in [-0.39, 0.29) is 5.75 Å². The first-order valence-corrected chi connectivity index (χ1v) is 6.05. The lowest BCUT2D eigenvalue weighted by Crippen LogP contribution is -2.15. The molecule has 1 aliphatic carbocycles. The van der Waals surface area contributed by atoms with Crippen molar-refractivity contribution in [1.29, 1.82) is 0 Å². The number of carbonyl (C=O) groups is 1. The van der Waals surface area contributed by atoms with Gasteiger partial charge in [-0.15, -0.1) is 10.2 Å². The molecule has 0 unspecified atom stereocenters. The zero-order valence-corrected chi connectivity index (χ0v) is 10.1. The summed E-state index contributed by atoms with van der Waals surface area (Å²) in [5.41, 5.74) is 0. The van der Waals surface area contributed by atoms with Crippen LogP contribution in [0.5, 0.6) is 0 Å². The molecule has 0 aromatic carbocycles. The highest BCUT2D eigenvalue weighted by Gasteiger charge is 2.30. The Balaban J connectivity index is 2.20. The van der Waals surface area contributed by atoms with Crippen LogP contribution in [0.1, 0.15) is 18.9 Å². The van der Waals surface area contributed by atoms with Crippen LogP contribution in [0.4, 0.5) is 5.95 Å².